The first kappa shape index (κ1) is 13.8. The Morgan fingerprint density at radius 1 is 1.32 bits per heavy atom. The third kappa shape index (κ3) is 3.67. The lowest BCUT2D eigenvalue weighted by Crippen LogP contribution is -2.38. The molecule has 4 nitrogen and oxygen atoms in total. The van der Waals surface area contributed by atoms with E-state index in [1.807, 2.05) is 31.2 Å². The number of nitrogens with two attached hydrogens (primary N) is 1. The van der Waals surface area contributed by atoms with Crippen molar-refractivity contribution >= 4 is 11.6 Å². The Bertz CT molecular complexity index is 521. The molecule has 2 unspecified atom stereocenters. The summed E-state index contributed by atoms with van der Waals surface area (Å²) in [7, 11) is 0. The minimum atomic E-state index is -0.160. The van der Waals surface area contributed by atoms with Crippen molar-refractivity contribution in [1.29, 1.82) is 0 Å². The minimum absolute atomic E-state index is 0.146. The molecular formula is C14H16ClN3O. The number of ether oxygens (including phenoxy) is 1. The van der Waals surface area contributed by atoms with E-state index in [-0.39, 0.29) is 12.1 Å². The zero-order chi connectivity index (χ0) is 13.7. The van der Waals surface area contributed by atoms with Gasteiger partial charge in [-0.3, -0.25) is 10.8 Å². The second-order valence-corrected chi connectivity index (χ2v) is 4.65. The summed E-state index contributed by atoms with van der Waals surface area (Å²) in [6, 6.07) is 11.0. The number of halogens is 1. The third-order valence-electron chi connectivity index (χ3n) is 2.81. The molecule has 0 aliphatic rings. The lowest BCUT2D eigenvalue weighted by atomic mass is 10.1. The number of nitrogens with one attached hydrogen (secondary N) is 1. The highest BCUT2D eigenvalue weighted by molar-refractivity contribution is 6.30. The zero-order valence-corrected chi connectivity index (χ0v) is 11.3. The number of pyridine rings is 1. The van der Waals surface area contributed by atoms with E-state index in [0.717, 1.165) is 5.56 Å². The van der Waals surface area contributed by atoms with E-state index >= 15 is 0 Å². The van der Waals surface area contributed by atoms with Gasteiger partial charge in [0, 0.05) is 17.4 Å². The van der Waals surface area contributed by atoms with Crippen LogP contribution in [0.5, 0.6) is 5.75 Å². The second kappa shape index (κ2) is 6.52. The predicted molar refractivity (Wildman–Crippen MR) is 75.8 cm³/mol. The van der Waals surface area contributed by atoms with Crippen LogP contribution in [0.15, 0.2) is 48.8 Å². The molecule has 1 aromatic carbocycles. The summed E-state index contributed by atoms with van der Waals surface area (Å²) in [5.41, 5.74) is 3.73. The van der Waals surface area contributed by atoms with Crippen LogP contribution in [0.3, 0.4) is 0 Å². The van der Waals surface area contributed by atoms with E-state index in [0.29, 0.717) is 10.8 Å². The van der Waals surface area contributed by atoms with Gasteiger partial charge in [-0.05, 0) is 36.8 Å². The molecule has 3 N–H and O–H groups in total. The predicted octanol–water partition coefficient (Wildman–Crippen LogP) is 2.71. The van der Waals surface area contributed by atoms with Gasteiger partial charge in [-0.15, -0.1) is 0 Å². The largest absolute Gasteiger partial charge is 0.489 e. The van der Waals surface area contributed by atoms with Crippen LogP contribution in [-0.2, 0) is 0 Å². The highest BCUT2D eigenvalue weighted by Gasteiger charge is 2.19. The van der Waals surface area contributed by atoms with Gasteiger partial charge >= 0.3 is 0 Å². The van der Waals surface area contributed by atoms with Gasteiger partial charge in [0.05, 0.1) is 6.04 Å². The number of hydrazine groups is 1. The maximum Gasteiger partial charge on any atom is 0.121 e. The van der Waals surface area contributed by atoms with Crippen molar-refractivity contribution in [3.63, 3.8) is 0 Å². The smallest absolute Gasteiger partial charge is 0.121 e. The number of rotatable bonds is 5. The van der Waals surface area contributed by atoms with E-state index in [4.69, 9.17) is 22.2 Å². The Morgan fingerprint density at radius 2 is 2.16 bits per heavy atom. The van der Waals surface area contributed by atoms with Gasteiger partial charge in [-0.25, -0.2) is 5.43 Å². The standard InChI is InChI=1S/C14H16ClN3O/c1-10(19-13-6-2-5-12(15)8-13)14(18-16)11-4-3-7-17-9-11/h2-10,14,18H,16H2,1H3. The SMILES string of the molecule is CC(Oc1cccc(Cl)c1)C(NN)c1cccnc1. The monoisotopic (exact) mass is 277 g/mol. The Morgan fingerprint density at radius 3 is 2.79 bits per heavy atom. The number of aromatic nitrogens is 1. The normalized spacial score (nSPS) is 13.8. The van der Waals surface area contributed by atoms with E-state index in [2.05, 4.69) is 10.4 Å². The molecule has 19 heavy (non-hydrogen) atoms. The molecule has 0 amide bonds. The molecule has 2 aromatic rings. The van der Waals surface area contributed by atoms with Crippen LogP contribution in [0.25, 0.3) is 0 Å². The van der Waals surface area contributed by atoms with Crippen molar-refractivity contribution in [3.8, 4) is 5.75 Å². The summed E-state index contributed by atoms with van der Waals surface area (Å²) < 4.78 is 5.85. The fourth-order valence-corrected chi connectivity index (χ4v) is 2.07. The molecule has 0 saturated heterocycles. The van der Waals surface area contributed by atoms with Crippen LogP contribution in [0, 0.1) is 0 Å². The third-order valence-corrected chi connectivity index (χ3v) is 3.05. The molecular weight excluding hydrogens is 262 g/mol. The van der Waals surface area contributed by atoms with E-state index in [1.165, 1.54) is 0 Å². The zero-order valence-electron chi connectivity index (χ0n) is 10.6. The second-order valence-electron chi connectivity index (χ2n) is 4.21. The average molecular weight is 278 g/mol. The van der Waals surface area contributed by atoms with Crippen LogP contribution in [0.1, 0.15) is 18.5 Å². The summed E-state index contributed by atoms with van der Waals surface area (Å²) in [5.74, 6) is 6.32. The quantitative estimate of drug-likeness (QED) is 0.652. The summed E-state index contributed by atoms with van der Waals surface area (Å²) in [6.07, 6.45) is 3.33. The van der Waals surface area contributed by atoms with Crippen LogP contribution < -0.4 is 16.0 Å². The van der Waals surface area contributed by atoms with E-state index < -0.39 is 0 Å². The van der Waals surface area contributed by atoms with Crippen LogP contribution in [-0.4, -0.2) is 11.1 Å². The molecule has 2 rings (SSSR count). The van der Waals surface area contributed by atoms with Crippen molar-refractivity contribution in [3.05, 3.63) is 59.4 Å². The Balaban J connectivity index is 2.11. The molecule has 0 spiro atoms. The highest BCUT2D eigenvalue weighted by atomic mass is 35.5. The van der Waals surface area contributed by atoms with Gasteiger partial charge in [-0.1, -0.05) is 23.7 Å². The Hall–Kier alpha value is -1.62. The molecule has 2 atom stereocenters. The van der Waals surface area contributed by atoms with Gasteiger partial charge in [0.15, 0.2) is 0 Å². The topological polar surface area (TPSA) is 60.2 Å². The molecule has 100 valence electrons. The maximum atomic E-state index is 5.93. The molecule has 5 heteroatoms. The number of hydrogen-bond donors (Lipinski definition) is 2. The summed E-state index contributed by atoms with van der Waals surface area (Å²) >= 11 is 5.93. The first-order valence-corrected chi connectivity index (χ1v) is 6.37. The molecule has 0 radical (unpaired) electrons. The van der Waals surface area contributed by atoms with Crippen molar-refractivity contribution in [2.24, 2.45) is 5.84 Å². The fraction of sp³-hybridized carbons (Fsp3) is 0.214. The Labute approximate surface area is 117 Å². The van der Waals surface area contributed by atoms with E-state index in [1.54, 1.807) is 24.5 Å². The molecule has 0 aliphatic heterocycles. The van der Waals surface area contributed by atoms with Gasteiger partial charge in [0.1, 0.15) is 11.9 Å². The minimum Gasteiger partial charge on any atom is -0.489 e. The number of hydrogen-bond acceptors (Lipinski definition) is 4. The first-order valence-electron chi connectivity index (χ1n) is 5.99. The molecule has 1 heterocycles. The van der Waals surface area contributed by atoms with Gasteiger partial charge in [-0.2, -0.15) is 0 Å². The van der Waals surface area contributed by atoms with Gasteiger partial charge in [0.2, 0.25) is 0 Å². The van der Waals surface area contributed by atoms with Crippen LogP contribution in [0.4, 0.5) is 0 Å². The van der Waals surface area contributed by atoms with Gasteiger partial charge in [0.25, 0.3) is 0 Å². The molecule has 0 saturated carbocycles. The van der Waals surface area contributed by atoms with Gasteiger partial charge < -0.3 is 4.74 Å². The molecule has 0 bridgehead atoms. The summed E-state index contributed by atoms with van der Waals surface area (Å²) in [6.45, 7) is 1.94. The van der Waals surface area contributed by atoms with Crippen molar-refractivity contribution < 1.29 is 4.74 Å². The van der Waals surface area contributed by atoms with Crippen molar-refractivity contribution in [2.45, 2.75) is 19.1 Å². The first-order chi connectivity index (χ1) is 9.20. The fourth-order valence-electron chi connectivity index (χ4n) is 1.89. The lowest BCUT2D eigenvalue weighted by molar-refractivity contribution is 0.171. The molecule has 0 aliphatic carbocycles. The molecule has 1 aromatic heterocycles. The summed E-state index contributed by atoms with van der Waals surface area (Å²) in [5, 5.41) is 0.642. The van der Waals surface area contributed by atoms with E-state index in [9.17, 15) is 0 Å². The van der Waals surface area contributed by atoms with Crippen LogP contribution in [0.2, 0.25) is 5.02 Å². The Kier molecular flexibility index (Phi) is 4.74. The lowest BCUT2D eigenvalue weighted by Gasteiger charge is -2.24. The van der Waals surface area contributed by atoms with Crippen LogP contribution >= 0.6 is 11.6 Å². The van der Waals surface area contributed by atoms with Crippen molar-refractivity contribution in [2.75, 3.05) is 0 Å². The highest BCUT2D eigenvalue weighted by Crippen LogP contribution is 2.23. The maximum absolute atomic E-state index is 5.93. The number of nitrogens with zero attached hydrogens (tertiary/aromatic N) is 1. The summed E-state index contributed by atoms with van der Waals surface area (Å²) in [4.78, 5) is 4.08. The molecule has 0 fully saturated rings. The van der Waals surface area contributed by atoms with Crippen molar-refractivity contribution in [1.82, 2.24) is 10.4 Å². The average Bonchev–Trinajstić information content (AvgIpc) is 2.41. The number of benzene rings is 1.